The molecule has 0 amide bonds. The van der Waals surface area contributed by atoms with E-state index < -0.39 is 0 Å². The molecular formula is C11H21N7O. The molecule has 2 rings (SSSR count). The van der Waals surface area contributed by atoms with Crippen LogP contribution in [0.15, 0.2) is 0 Å². The van der Waals surface area contributed by atoms with Gasteiger partial charge in [0.05, 0.1) is 6.10 Å². The van der Waals surface area contributed by atoms with E-state index >= 15 is 0 Å². The molecule has 8 nitrogen and oxygen atoms in total. The summed E-state index contributed by atoms with van der Waals surface area (Å²) in [6.45, 7) is 3.47. The van der Waals surface area contributed by atoms with E-state index in [9.17, 15) is 5.11 Å². The number of aliphatic hydroxyl groups excluding tert-OH is 1. The molecule has 1 saturated heterocycles. The fraction of sp³-hybridized carbons (Fsp3) is 0.727. The second kappa shape index (κ2) is 5.54. The Bertz CT molecular complexity index is 439. The minimum absolute atomic E-state index is 0.197. The summed E-state index contributed by atoms with van der Waals surface area (Å²) in [6.07, 6.45) is 0.466. The number of nitrogen functional groups attached to an aromatic ring is 1. The van der Waals surface area contributed by atoms with E-state index in [0.29, 0.717) is 17.8 Å². The van der Waals surface area contributed by atoms with Crippen LogP contribution < -0.4 is 21.1 Å². The topological polar surface area (TPSA) is 103 Å². The van der Waals surface area contributed by atoms with E-state index in [2.05, 4.69) is 20.4 Å². The van der Waals surface area contributed by atoms with Gasteiger partial charge in [-0.3, -0.25) is 5.43 Å². The molecule has 1 aliphatic heterocycles. The first-order valence-electron chi connectivity index (χ1n) is 6.34. The van der Waals surface area contributed by atoms with Gasteiger partial charge >= 0.3 is 0 Å². The van der Waals surface area contributed by atoms with Crippen molar-refractivity contribution in [1.82, 2.24) is 15.0 Å². The molecule has 2 atom stereocenters. The van der Waals surface area contributed by atoms with Gasteiger partial charge in [-0.15, -0.1) is 0 Å². The number of piperidine rings is 1. The minimum Gasteiger partial charge on any atom is -0.393 e. The molecule has 0 aliphatic carbocycles. The molecule has 1 aromatic heterocycles. The van der Waals surface area contributed by atoms with E-state index in [4.69, 9.17) is 5.84 Å². The lowest BCUT2D eigenvalue weighted by Crippen LogP contribution is -2.43. The number of hydrogen-bond donors (Lipinski definition) is 3. The second-order valence-corrected chi connectivity index (χ2v) is 5.08. The number of anilines is 3. The molecule has 1 fully saturated rings. The average Bonchev–Trinajstić information content (AvgIpc) is 2.41. The maximum Gasteiger partial charge on any atom is 0.243 e. The molecule has 1 aromatic rings. The van der Waals surface area contributed by atoms with Gasteiger partial charge in [0.1, 0.15) is 0 Å². The van der Waals surface area contributed by atoms with Gasteiger partial charge in [-0.05, 0) is 12.3 Å². The van der Waals surface area contributed by atoms with Crippen molar-refractivity contribution in [3.8, 4) is 0 Å². The SMILES string of the molecule is CC1CN(c2nc(NN)nc(N(C)C)n2)CCC1O. The normalized spacial score (nSPS) is 23.3. The van der Waals surface area contributed by atoms with Gasteiger partial charge in [-0.2, -0.15) is 15.0 Å². The Morgan fingerprint density at radius 2 is 2.11 bits per heavy atom. The Balaban J connectivity index is 2.26. The van der Waals surface area contributed by atoms with Gasteiger partial charge in [-0.25, -0.2) is 5.84 Å². The predicted molar refractivity (Wildman–Crippen MR) is 74.0 cm³/mol. The highest BCUT2D eigenvalue weighted by molar-refractivity contribution is 5.44. The molecule has 2 unspecified atom stereocenters. The molecule has 1 aliphatic rings. The lowest BCUT2D eigenvalue weighted by molar-refractivity contribution is 0.0966. The van der Waals surface area contributed by atoms with Crippen molar-refractivity contribution >= 4 is 17.8 Å². The van der Waals surface area contributed by atoms with Crippen LogP contribution in [0.25, 0.3) is 0 Å². The van der Waals surface area contributed by atoms with Crippen LogP contribution in [0.1, 0.15) is 13.3 Å². The van der Waals surface area contributed by atoms with Crippen LogP contribution in [0.4, 0.5) is 17.8 Å². The zero-order chi connectivity index (χ0) is 14.0. The first kappa shape index (κ1) is 13.8. The summed E-state index contributed by atoms with van der Waals surface area (Å²) < 4.78 is 0. The fourth-order valence-corrected chi connectivity index (χ4v) is 2.07. The van der Waals surface area contributed by atoms with E-state index in [-0.39, 0.29) is 12.0 Å². The largest absolute Gasteiger partial charge is 0.393 e. The number of rotatable bonds is 3. The van der Waals surface area contributed by atoms with Crippen molar-refractivity contribution in [3.05, 3.63) is 0 Å². The molecule has 19 heavy (non-hydrogen) atoms. The van der Waals surface area contributed by atoms with E-state index in [1.54, 1.807) is 4.90 Å². The number of hydrogen-bond acceptors (Lipinski definition) is 8. The summed E-state index contributed by atoms with van der Waals surface area (Å²) in [6, 6.07) is 0. The number of aliphatic hydroxyl groups is 1. The molecule has 4 N–H and O–H groups in total. The van der Waals surface area contributed by atoms with Crippen molar-refractivity contribution < 1.29 is 5.11 Å². The van der Waals surface area contributed by atoms with Gasteiger partial charge in [0, 0.05) is 27.2 Å². The highest BCUT2D eigenvalue weighted by atomic mass is 16.3. The third kappa shape index (κ3) is 3.02. The fourth-order valence-electron chi connectivity index (χ4n) is 2.07. The van der Waals surface area contributed by atoms with Gasteiger partial charge < -0.3 is 14.9 Å². The maximum atomic E-state index is 9.77. The van der Waals surface area contributed by atoms with Crippen LogP contribution in [0.3, 0.4) is 0 Å². The van der Waals surface area contributed by atoms with Gasteiger partial charge in [0.25, 0.3) is 0 Å². The minimum atomic E-state index is -0.251. The van der Waals surface area contributed by atoms with Crippen molar-refractivity contribution in [2.24, 2.45) is 11.8 Å². The van der Waals surface area contributed by atoms with Crippen LogP contribution in [0.2, 0.25) is 0 Å². The maximum absolute atomic E-state index is 9.77. The van der Waals surface area contributed by atoms with E-state index in [1.165, 1.54) is 0 Å². The number of hydrazine groups is 1. The number of nitrogens with one attached hydrogen (secondary N) is 1. The molecule has 0 spiro atoms. The van der Waals surface area contributed by atoms with E-state index in [1.807, 2.05) is 25.9 Å². The molecule has 2 heterocycles. The lowest BCUT2D eigenvalue weighted by atomic mass is 9.97. The summed E-state index contributed by atoms with van der Waals surface area (Å²) in [7, 11) is 3.73. The van der Waals surface area contributed by atoms with Crippen LogP contribution >= 0.6 is 0 Å². The summed E-state index contributed by atoms with van der Waals surface area (Å²) in [5.74, 6) is 7.06. The standard InChI is InChI=1S/C11H21N7O/c1-7-6-18(5-4-8(7)19)11-14-9(16-12)13-10(15-11)17(2)3/h7-8,19H,4-6,12H2,1-3H3,(H,13,14,15,16). The molecule has 106 valence electrons. The zero-order valence-electron chi connectivity index (χ0n) is 11.5. The van der Waals surface area contributed by atoms with E-state index in [0.717, 1.165) is 19.5 Å². The van der Waals surface area contributed by atoms with Crippen LogP contribution in [-0.2, 0) is 0 Å². The van der Waals surface area contributed by atoms with Gasteiger partial charge in [0.15, 0.2) is 0 Å². The molecule has 0 bridgehead atoms. The van der Waals surface area contributed by atoms with Gasteiger partial charge in [0.2, 0.25) is 17.8 Å². The summed E-state index contributed by atoms with van der Waals surface area (Å²) in [5, 5.41) is 9.77. The number of nitrogens with two attached hydrogens (primary N) is 1. The highest BCUT2D eigenvalue weighted by Gasteiger charge is 2.26. The van der Waals surface area contributed by atoms with Crippen LogP contribution in [-0.4, -0.2) is 53.3 Å². The van der Waals surface area contributed by atoms with Crippen molar-refractivity contribution in [1.29, 1.82) is 0 Å². The summed E-state index contributed by atoms with van der Waals surface area (Å²) in [4.78, 5) is 16.7. The molecule has 0 radical (unpaired) electrons. The van der Waals surface area contributed by atoms with Crippen molar-refractivity contribution in [3.63, 3.8) is 0 Å². The average molecular weight is 267 g/mol. The Morgan fingerprint density at radius 1 is 1.37 bits per heavy atom. The summed E-state index contributed by atoms with van der Waals surface area (Å²) in [5.41, 5.74) is 2.46. The van der Waals surface area contributed by atoms with Crippen LogP contribution in [0.5, 0.6) is 0 Å². The Labute approximate surface area is 112 Å². The smallest absolute Gasteiger partial charge is 0.243 e. The van der Waals surface area contributed by atoms with Gasteiger partial charge in [-0.1, -0.05) is 6.92 Å². The quantitative estimate of drug-likeness (QED) is 0.494. The zero-order valence-corrected chi connectivity index (χ0v) is 11.5. The third-order valence-electron chi connectivity index (χ3n) is 3.28. The monoisotopic (exact) mass is 267 g/mol. The Morgan fingerprint density at radius 3 is 2.68 bits per heavy atom. The van der Waals surface area contributed by atoms with Crippen LogP contribution in [0, 0.1) is 5.92 Å². The highest BCUT2D eigenvalue weighted by Crippen LogP contribution is 2.22. The Hall–Kier alpha value is -1.67. The molecule has 8 heteroatoms. The lowest BCUT2D eigenvalue weighted by Gasteiger charge is -2.34. The second-order valence-electron chi connectivity index (χ2n) is 5.08. The third-order valence-corrected chi connectivity index (χ3v) is 3.28. The molecule has 0 aromatic carbocycles. The Kier molecular flexibility index (Phi) is 4.01. The summed E-state index contributed by atoms with van der Waals surface area (Å²) >= 11 is 0. The van der Waals surface area contributed by atoms with Crippen molar-refractivity contribution in [2.75, 3.05) is 42.4 Å². The molecular weight excluding hydrogens is 246 g/mol. The first-order valence-corrected chi connectivity index (χ1v) is 6.34. The number of nitrogens with zero attached hydrogens (tertiary/aromatic N) is 5. The predicted octanol–water partition coefficient (Wildman–Crippen LogP) is -0.570. The first-order chi connectivity index (χ1) is 9.01. The number of aromatic nitrogens is 3. The van der Waals surface area contributed by atoms with Crippen molar-refractivity contribution in [2.45, 2.75) is 19.4 Å². The molecule has 0 saturated carbocycles.